The second kappa shape index (κ2) is 10.9. The van der Waals surface area contributed by atoms with Crippen molar-refractivity contribution in [3.8, 4) is 16.9 Å². The maximum atomic E-state index is 13.2. The largest absolute Gasteiger partial charge is 0.507 e. The van der Waals surface area contributed by atoms with E-state index < -0.39 is 22.0 Å². The van der Waals surface area contributed by atoms with Gasteiger partial charge < -0.3 is 19.3 Å². The third-order valence-electron chi connectivity index (χ3n) is 5.64. The van der Waals surface area contributed by atoms with Gasteiger partial charge in [0.2, 0.25) is 0 Å². The number of benzene rings is 3. The molecule has 0 bridgehead atoms. The number of anilines is 1. The van der Waals surface area contributed by atoms with Gasteiger partial charge in [0, 0.05) is 19.6 Å². The van der Waals surface area contributed by atoms with Crippen LogP contribution in [-0.4, -0.2) is 62.9 Å². The summed E-state index contributed by atoms with van der Waals surface area (Å²) in [5, 5.41) is 13.0. The normalized spacial score (nSPS) is 14.2. The van der Waals surface area contributed by atoms with Crippen LogP contribution in [0.4, 0.5) is 5.69 Å². The van der Waals surface area contributed by atoms with Crippen LogP contribution >= 0.6 is 0 Å². The van der Waals surface area contributed by atoms with Crippen LogP contribution in [0.2, 0.25) is 0 Å². The molecule has 0 atom stereocenters. The zero-order valence-electron chi connectivity index (χ0n) is 19.6. The fourth-order valence-corrected chi connectivity index (χ4v) is 4.25. The molecule has 0 saturated carbocycles. The van der Waals surface area contributed by atoms with E-state index in [-0.39, 0.29) is 22.6 Å². The Morgan fingerprint density at radius 1 is 0.972 bits per heavy atom. The lowest BCUT2D eigenvalue weighted by Crippen LogP contribution is -2.35. The van der Waals surface area contributed by atoms with E-state index in [1.54, 1.807) is 24.3 Å². The number of phenolic OH excluding ortho intramolecular Hbond substituents is 1. The van der Waals surface area contributed by atoms with Gasteiger partial charge in [0.1, 0.15) is 5.75 Å². The molecule has 9 nitrogen and oxygen atoms in total. The van der Waals surface area contributed by atoms with Crippen molar-refractivity contribution in [2.24, 2.45) is 0 Å². The Bertz CT molecular complexity index is 1370. The van der Waals surface area contributed by atoms with E-state index in [1.807, 2.05) is 30.3 Å². The number of rotatable bonds is 7. The van der Waals surface area contributed by atoms with Crippen molar-refractivity contribution in [3.63, 3.8) is 0 Å². The second-order valence-corrected chi connectivity index (χ2v) is 9.97. The molecule has 0 aliphatic carbocycles. The second-order valence-electron chi connectivity index (χ2n) is 8.40. The monoisotopic (exact) mass is 510 g/mol. The highest BCUT2D eigenvalue weighted by Gasteiger charge is 2.22. The Labute approximate surface area is 209 Å². The van der Waals surface area contributed by atoms with Gasteiger partial charge in [-0.1, -0.05) is 42.5 Å². The molecule has 1 saturated heterocycles. The summed E-state index contributed by atoms with van der Waals surface area (Å²) < 4.78 is 33.0. The van der Waals surface area contributed by atoms with Crippen molar-refractivity contribution in [1.29, 1.82) is 0 Å². The highest BCUT2D eigenvalue weighted by Crippen LogP contribution is 2.28. The molecule has 0 radical (unpaired) electrons. The van der Waals surface area contributed by atoms with E-state index in [4.69, 9.17) is 4.74 Å². The van der Waals surface area contributed by atoms with Crippen LogP contribution in [0.3, 0.4) is 0 Å². The number of hydrogen-bond acceptors (Lipinski definition) is 8. The van der Waals surface area contributed by atoms with Gasteiger partial charge in [-0.15, -0.1) is 0 Å². The van der Waals surface area contributed by atoms with Gasteiger partial charge in [-0.05, 0) is 41.0 Å². The minimum Gasteiger partial charge on any atom is -0.507 e. The van der Waals surface area contributed by atoms with Crippen LogP contribution in [-0.2, 0) is 25.6 Å². The minimum atomic E-state index is -4.07. The number of ether oxygens (including phenoxy) is 1. The third-order valence-corrected chi connectivity index (χ3v) is 6.09. The van der Waals surface area contributed by atoms with Crippen LogP contribution in [0.25, 0.3) is 11.1 Å². The van der Waals surface area contributed by atoms with E-state index in [0.29, 0.717) is 25.3 Å². The fraction of sp³-hybridized carbons (Fsp3) is 0.231. The molecule has 3 aromatic carbocycles. The maximum Gasteiger partial charge on any atom is 0.355 e. The fourth-order valence-electron chi connectivity index (χ4n) is 3.89. The predicted molar refractivity (Wildman–Crippen MR) is 134 cm³/mol. The van der Waals surface area contributed by atoms with Gasteiger partial charge in [0.05, 0.1) is 36.3 Å². The van der Waals surface area contributed by atoms with Crippen LogP contribution in [0.5, 0.6) is 5.75 Å². The van der Waals surface area contributed by atoms with E-state index in [1.165, 1.54) is 12.1 Å². The standard InChI is InChI=1S/C26H26N2O7S/c1-36(32,33)35-26(31)21-9-8-20(19-5-3-2-4-6-19)16-23(21)27-25(30)22-15-18(7-10-24(22)29)17-28-11-13-34-14-12-28/h2-10,15-16,29H,11-14,17H2,1H3,(H,27,30). The van der Waals surface area contributed by atoms with Crippen molar-refractivity contribution >= 4 is 27.7 Å². The first-order valence-corrected chi connectivity index (χ1v) is 13.1. The van der Waals surface area contributed by atoms with E-state index in [0.717, 1.165) is 30.5 Å². The van der Waals surface area contributed by atoms with Crippen molar-refractivity contribution < 1.29 is 32.0 Å². The number of aromatic hydroxyl groups is 1. The summed E-state index contributed by atoms with van der Waals surface area (Å²) in [4.78, 5) is 28.0. The van der Waals surface area contributed by atoms with Gasteiger partial charge in [-0.25, -0.2) is 4.79 Å². The molecule has 2 N–H and O–H groups in total. The van der Waals surface area contributed by atoms with Crippen LogP contribution in [0, 0.1) is 0 Å². The summed E-state index contributed by atoms with van der Waals surface area (Å²) in [7, 11) is -4.07. The topological polar surface area (TPSA) is 122 Å². The van der Waals surface area contributed by atoms with Gasteiger partial charge in [-0.2, -0.15) is 8.42 Å². The first-order chi connectivity index (χ1) is 17.2. The molecule has 1 aliphatic heterocycles. The molecule has 3 aromatic rings. The molecule has 36 heavy (non-hydrogen) atoms. The zero-order chi connectivity index (χ0) is 25.7. The molecular formula is C26H26N2O7S. The number of morpholine rings is 1. The average molecular weight is 511 g/mol. The molecule has 0 unspecified atom stereocenters. The number of amides is 1. The number of carbonyl (C=O) groups is 2. The molecule has 1 heterocycles. The number of hydrogen-bond donors (Lipinski definition) is 2. The summed E-state index contributed by atoms with van der Waals surface area (Å²) in [5.41, 5.74) is 2.27. The molecule has 1 aliphatic rings. The Balaban J connectivity index is 1.65. The lowest BCUT2D eigenvalue weighted by molar-refractivity contribution is 0.0341. The summed E-state index contributed by atoms with van der Waals surface area (Å²) in [6, 6.07) is 18.6. The molecular weight excluding hydrogens is 484 g/mol. The number of nitrogens with zero attached hydrogens (tertiary/aromatic N) is 1. The molecule has 10 heteroatoms. The molecule has 0 spiro atoms. The van der Waals surface area contributed by atoms with Crippen molar-refractivity contribution in [2.45, 2.75) is 6.54 Å². The first kappa shape index (κ1) is 25.4. The molecule has 0 aromatic heterocycles. The maximum absolute atomic E-state index is 13.2. The van der Waals surface area contributed by atoms with E-state index >= 15 is 0 Å². The predicted octanol–water partition coefficient (Wildman–Crippen LogP) is 3.26. The smallest absolute Gasteiger partial charge is 0.355 e. The summed E-state index contributed by atoms with van der Waals surface area (Å²) in [6.45, 7) is 3.38. The highest BCUT2D eigenvalue weighted by atomic mass is 32.2. The average Bonchev–Trinajstić information content (AvgIpc) is 2.85. The van der Waals surface area contributed by atoms with Crippen molar-refractivity contribution in [2.75, 3.05) is 37.9 Å². The summed E-state index contributed by atoms with van der Waals surface area (Å²) in [6.07, 6.45) is 0.763. The van der Waals surface area contributed by atoms with E-state index in [2.05, 4.69) is 14.4 Å². The van der Waals surface area contributed by atoms with E-state index in [9.17, 15) is 23.1 Å². The quantitative estimate of drug-likeness (QED) is 0.465. The number of nitrogens with one attached hydrogen (secondary N) is 1. The van der Waals surface area contributed by atoms with Crippen molar-refractivity contribution in [1.82, 2.24) is 4.90 Å². The summed E-state index contributed by atoms with van der Waals surface area (Å²) >= 11 is 0. The van der Waals surface area contributed by atoms with Gasteiger partial charge >= 0.3 is 16.1 Å². The molecule has 1 fully saturated rings. The van der Waals surface area contributed by atoms with Gasteiger partial charge in [0.25, 0.3) is 5.91 Å². The van der Waals surface area contributed by atoms with Gasteiger partial charge in [-0.3, -0.25) is 9.69 Å². The van der Waals surface area contributed by atoms with Gasteiger partial charge in [0.15, 0.2) is 0 Å². The van der Waals surface area contributed by atoms with Crippen LogP contribution in [0.15, 0.2) is 66.7 Å². The first-order valence-electron chi connectivity index (χ1n) is 11.3. The molecule has 1 amide bonds. The minimum absolute atomic E-state index is 0.0216. The lowest BCUT2D eigenvalue weighted by Gasteiger charge is -2.26. The van der Waals surface area contributed by atoms with Crippen LogP contribution in [0.1, 0.15) is 26.3 Å². The lowest BCUT2D eigenvalue weighted by atomic mass is 10.0. The number of phenols is 1. The van der Waals surface area contributed by atoms with Crippen LogP contribution < -0.4 is 5.32 Å². The molecule has 4 rings (SSSR count). The Morgan fingerprint density at radius 3 is 2.39 bits per heavy atom. The number of carbonyl (C=O) groups excluding carboxylic acids is 2. The Hall–Kier alpha value is -3.73. The Kier molecular flexibility index (Phi) is 7.68. The third kappa shape index (κ3) is 6.48. The zero-order valence-corrected chi connectivity index (χ0v) is 20.5. The Morgan fingerprint density at radius 2 is 1.69 bits per heavy atom. The SMILES string of the molecule is CS(=O)(=O)OC(=O)c1ccc(-c2ccccc2)cc1NC(=O)c1cc(CN2CCOCC2)ccc1O. The highest BCUT2D eigenvalue weighted by molar-refractivity contribution is 7.86. The molecule has 188 valence electrons. The summed E-state index contributed by atoms with van der Waals surface area (Å²) in [5.74, 6) is -2.01. The van der Waals surface area contributed by atoms with Crippen molar-refractivity contribution in [3.05, 3.63) is 83.4 Å².